The van der Waals surface area contributed by atoms with Crippen LogP contribution in [-0.2, 0) is 20.7 Å². The smallest absolute Gasteiger partial charge is 0.251 e. The number of benzene rings is 2. The van der Waals surface area contributed by atoms with E-state index in [0.717, 1.165) is 62.1 Å². The molecule has 0 radical (unpaired) electrons. The number of carbonyl (C=O) groups is 1. The second-order valence-electron chi connectivity index (χ2n) is 9.70. The number of ether oxygens (including phenoxy) is 3. The van der Waals surface area contributed by atoms with Crippen molar-refractivity contribution in [2.45, 2.75) is 70.5 Å². The molecule has 0 aromatic heterocycles. The molecule has 2 saturated heterocycles. The zero-order valence-corrected chi connectivity index (χ0v) is 20.1. The Morgan fingerprint density at radius 2 is 1.82 bits per heavy atom. The van der Waals surface area contributed by atoms with Crippen LogP contribution in [0, 0.1) is 0 Å². The highest BCUT2D eigenvalue weighted by atomic mass is 16.5. The molecule has 0 aliphatic carbocycles. The lowest BCUT2D eigenvalue weighted by molar-refractivity contribution is -0.142. The predicted octanol–water partition coefficient (Wildman–Crippen LogP) is 4.63. The van der Waals surface area contributed by atoms with Crippen molar-refractivity contribution in [3.63, 3.8) is 0 Å². The summed E-state index contributed by atoms with van der Waals surface area (Å²) in [5.41, 5.74) is 4.78. The summed E-state index contributed by atoms with van der Waals surface area (Å²) in [6, 6.07) is 14.9. The van der Waals surface area contributed by atoms with Crippen molar-refractivity contribution in [3.05, 3.63) is 53.6 Å². The highest BCUT2D eigenvalue weighted by molar-refractivity contribution is 5.84. The summed E-state index contributed by atoms with van der Waals surface area (Å²) in [6.45, 7) is 6.26. The molecular weight excluding hydrogens is 428 g/mol. The van der Waals surface area contributed by atoms with Crippen molar-refractivity contribution in [3.8, 4) is 16.9 Å². The third kappa shape index (κ3) is 5.34. The van der Waals surface area contributed by atoms with Gasteiger partial charge in [-0.05, 0) is 61.1 Å². The van der Waals surface area contributed by atoms with Crippen LogP contribution >= 0.6 is 0 Å². The van der Waals surface area contributed by atoms with Crippen LogP contribution in [0.2, 0.25) is 0 Å². The molecule has 34 heavy (non-hydrogen) atoms. The highest BCUT2D eigenvalue weighted by Crippen LogP contribution is 2.28. The van der Waals surface area contributed by atoms with Crippen molar-refractivity contribution < 1.29 is 19.0 Å². The number of nitrogens with zero attached hydrogens (tertiary/aromatic N) is 2. The van der Waals surface area contributed by atoms with Gasteiger partial charge < -0.3 is 19.1 Å². The molecule has 2 aromatic carbocycles. The van der Waals surface area contributed by atoms with E-state index >= 15 is 0 Å². The number of hydrogen-bond donors (Lipinski definition) is 0. The van der Waals surface area contributed by atoms with E-state index in [1.54, 1.807) is 0 Å². The summed E-state index contributed by atoms with van der Waals surface area (Å²) in [5, 5.41) is 0. The average molecular weight is 463 g/mol. The Bertz CT molecular complexity index is 1020. The topological polar surface area (TPSA) is 60.4 Å². The molecular formula is C28H34N2O4. The van der Waals surface area contributed by atoms with Crippen molar-refractivity contribution >= 4 is 12.1 Å². The number of piperidine rings is 1. The minimum atomic E-state index is -0.227. The van der Waals surface area contributed by atoms with Crippen LogP contribution < -0.4 is 4.74 Å². The summed E-state index contributed by atoms with van der Waals surface area (Å²) in [5.74, 6) is 1.03. The van der Waals surface area contributed by atoms with Gasteiger partial charge in [-0.3, -0.25) is 9.79 Å². The molecule has 0 N–H and O–H groups in total. The van der Waals surface area contributed by atoms with Gasteiger partial charge in [-0.2, -0.15) is 0 Å². The molecule has 2 aromatic rings. The lowest BCUT2D eigenvalue weighted by atomic mass is 9.96. The van der Waals surface area contributed by atoms with E-state index in [2.05, 4.69) is 35.3 Å². The lowest BCUT2D eigenvalue weighted by Gasteiger charge is -2.33. The van der Waals surface area contributed by atoms with Gasteiger partial charge in [0, 0.05) is 45.2 Å². The van der Waals surface area contributed by atoms with Gasteiger partial charge >= 0.3 is 0 Å². The largest absolute Gasteiger partial charge is 0.490 e. The molecule has 0 spiro atoms. The number of carbonyl (C=O) groups excluding carboxylic acids is 1. The zero-order chi connectivity index (χ0) is 23.5. The standard InChI is InChI=1S/C28H34N2O4/c1-19(2)33-27-17-23-16-21(5-6-22(23)18-29-27)20-7-9-24(10-8-20)34-25-11-13-30(14-12-25)28(31)26-4-3-15-32-26/h5-10,16,18-19,25-27H,3-4,11-15,17H2,1-2H3/t26-,27?/m1/s1. The van der Waals surface area contributed by atoms with Crippen molar-refractivity contribution in [1.29, 1.82) is 0 Å². The molecule has 1 unspecified atom stereocenters. The lowest BCUT2D eigenvalue weighted by Crippen LogP contribution is -2.45. The predicted molar refractivity (Wildman–Crippen MR) is 132 cm³/mol. The zero-order valence-electron chi connectivity index (χ0n) is 20.1. The first-order valence-electron chi connectivity index (χ1n) is 12.5. The number of likely N-dealkylation sites (tertiary alicyclic amines) is 1. The highest BCUT2D eigenvalue weighted by Gasteiger charge is 2.31. The minimum Gasteiger partial charge on any atom is -0.490 e. The maximum atomic E-state index is 12.5. The monoisotopic (exact) mass is 462 g/mol. The number of rotatable bonds is 6. The normalized spacial score (nSPS) is 22.7. The van der Waals surface area contributed by atoms with Crippen LogP contribution in [0.3, 0.4) is 0 Å². The van der Waals surface area contributed by atoms with Crippen molar-refractivity contribution in [2.24, 2.45) is 4.99 Å². The van der Waals surface area contributed by atoms with E-state index in [4.69, 9.17) is 14.2 Å². The van der Waals surface area contributed by atoms with Gasteiger partial charge in [0.25, 0.3) is 5.91 Å². The molecule has 2 atom stereocenters. The Morgan fingerprint density at radius 1 is 1.06 bits per heavy atom. The van der Waals surface area contributed by atoms with E-state index in [0.29, 0.717) is 6.61 Å². The maximum Gasteiger partial charge on any atom is 0.251 e. The van der Waals surface area contributed by atoms with E-state index < -0.39 is 0 Å². The first-order valence-corrected chi connectivity index (χ1v) is 12.5. The van der Waals surface area contributed by atoms with Crippen LogP contribution in [0.25, 0.3) is 11.1 Å². The van der Waals surface area contributed by atoms with Gasteiger partial charge in [0.15, 0.2) is 6.23 Å². The van der Waals surface area contributed by atoms with Gasteiger partial charge in [-0.1, -0.05) is 30.3 Å². The Balaban J connectivity index is 1.17. The van der Waals surface area contributed by atoms with E-state index in [9.17, 15) is 4.79 Å². The van der Waals surface area contributed by atoms with Crippen molar-refractivity contribution in [2.75, 3.05) is 19.7 Å². The summed E-state index contributed by atoms with van der Waals surface area (Å²) in [7, 11) is 0. The fourth-order valence-electron chi connectivity index (χ4n) is 4.98. The number of hydrogen-bond acceptors (Lipinski definition) is 5. The molecule has 0 saturated carbocycles. The Kier molecular flexibility index (Phi) is 6.97. The fraction of sp³-hybridized carbons (Fsp3) is 0.500. The van der Waals surface area contributed by atoms with E-state index in [-0.39, 0.29) is 30.4 Å². The fourth-order valence-corrected chi connectivity index (χ4v) is 4.98. The summed E-state index contributed by atoms with van der Waals surface area (Å²) >= 11 is 0. The van der Waals surface area contributed by atoms with Gasteiger partial charge in [0.1, 0.15) is 18.0 Å². The number of aliphatic imine (C=N–C) groups is 1. The molecule has 3 aliphatic rings. The molecule has 2 fully saturated rings. The van der Waals surface area contributed by atoms with Crippen LogP contribution in [-0.4, -0.2) is 61.3 Å². The molecule has 6 nitrogen and oxygen atoms in total. The average Bonchev–Trinajstić information content (AvgIpc) is 3.39. The first-order chi connectivity index (χ1) is 16.5. The van der Waals surface area contributed by atoms with Crippen LogP contribution in [0.5, 0.6) is 5.75 Å². The Hall–Kier alpha value is -2.70. The first kappa shape index (κ1) is 23.1. The molecule has 3 aliphatic heterocycles. The van der Waals surface area contributed by atoms with Crippen molar-refractivity contribution in [1.82, 2.24) is 4.90 Å². The van der Waals surface area contributed by atoms with Gasteiger partial charge in [0.05, 0.1) is 6.10 Å². The quantitative estimate of drug-likeness (QED) is 0.628. The van der Waals surface area contributed by atoms with Crippen LogP contribution in [0.15, 0.2) is 47.5 Å². The second-order valence-corrected chi connectivity index (χ2v) is 9.70. The van der Waals surface area contributed by atoms with E-state index in [1.807, 2.05) is 37.1 Å². The summed E-state index contributed by atoms with van der Waals surface area (Å²) in [6.07, 6.45) is 6.23. The summed E-state index contributed by atoms with van der Waals surface area (Å²) < 4.78 is 17.7. The maximum absolute atomic E-state index is 12.5. The minimum absolute atomic E-state index is 0.106. The molecule has 0 bridgehead atoms. The summed E-state index contributed by atoms with van der Waals surface area (Å²) in [4.78, 5) is 19.0. The SMILES string of the molecule is CC(C)OC1Cc2cc(-c3ccc(OC4CCN(C(=O)[C@H]5CCCO5)CC4)cc3)ccc2C=N1. The number of fused-ring (bicyclic) bond motifs is 1. The molecule has 3 heterocycles. The van der Waals surface area contributed by atoms with Crippen LogP contribution in [0.4, 0.5) is 0 Å². The third-order valence-electron chi connectivity index (χ3n) is 6.80. The Labute approximate surface area is 201 Å². The molecule has 180 valence electrons. The van der Waals surface area contributed by atoms with Gasteiger partial charge in [-0.25, -0.2) is 0 Å². The van der Waals surface area contributed by atoms with Crippen LogP contribution in [0.1, 0.15) is 50.7 Å². The molecule has 5 rings (SSSR count). The second kappa shape index (κ2) is 10.3. The van der Waals surface area contributed by atoms with Gasteiger partial charge in [-0.15, -0.1) is 0 Å². The molecule has 1 amide bonds. The third-order valence-corrected chi connectivity index (χ3v) is 6.80. The van der Waals surface area contributed by atoms with E-state index in [1.165, 1.54) is 11.1 Å². The Morgan fingerprint density at radius 3 is 2.53 bits per heavy atom. The molecule has 6 heteroatoms. The number of amides is 1. The van der Waals surface area contributed by atoms with Gasteiger partial charge in [0.2, 0.25) is 0 Å².